The number of likely N-dealkylation sites (tertiary alicyclic amines) is 2. The van der Waals surface area contributed by atoms with Crippen LogP contribution in [-0.4, -0.2) is 75.9 Å². The Hall–Kier alpha value is -4.66. The van der Waals surface area contributed by atoms with E-state index in [9.17, 15) is 24.3 Å². The number of fused-ring (bicyclic) bond motifs is 1. The van der Waals surface area contributed by atoms with Gasteiger partial charge in [-0.15, -0.1) is 0 Å². The third-order valence-electron chi connectivity index (χ3n) is 8.90. The van der Waals surface area contributed by atoms with Crippen LogP contribution in [0.2, 0.25) is 0 Å². The highest BCUT2D eigenvalue weighted by Crippen LogP contribution is 2.37. The van der Waals surface area contributed by atoms with Crippen LogP contribution in [0.15, 0.2) is 48.7 Å². The van der Waals surface area contributed by atoms with Gasteiger partial charge in [0.25, 0.3) is 0 Å². The molecular weight excluding hydrogens is 588 g/mol. The number of nitrogens with one attached hydrogen (secondary N) is 2. The van der Waals surface area contributed by atoms with Gasteiger partial charge in [-0.1, -0.05) is 63.9 Å². The van der Waals surface area contributed by atoms with Crippen LogP contribution in [0.1, 0.15) is 58.4 Å². The van der Waals surface area contributed by atoms with E-state index in [1.807, 2.05) is 62.1 Å². The van der Waals surface area contributed by atoms with Crippen LogP contribution in [-0.2, 0) is 25.7 Å². The second-order valence-electron chi connectivity index (χ2n) is 13.3. The first-order valence-corrected chi connectivity index (χ1v) is 15.8. The number of hydrogen-bond acceptors (Lipinski definition) is 8. The molecule has 3 aliphatic rings. The standard InChI is InChI=1S/C22H32N2O3.C12H12N4O3/c1-22(2,3)19(23-21(26)27-15-16-9-5-4-6-10-16)20(25)24-13-17-11-7-8-12-18(17)14-24;13-5-9-4-8(6-16(9)7-17)12(19)15-11-10(18)2-1-3-14-11/h4-6,9-10,17-19H,7-8,11-15H2,1-3H3,(H,23,26);1-3,7-9,18H,4,6H2,(H,14,15,19)/t17?,18?,19-;/m1./s1. The van der Waals surface area contributed by atoms with E-state index in [2.05, 4.69) is 15.6 Å². The molecule has 0 spiro atoms. The zero-order valence-corrected chi connectivity index (χ0v) is 26.7. The van der Waals surface area contributed by atoms with Crippen molar-refractivity contribution in [2.45, 2.75) is 71.6 Å². The zero-order chi connectivity index (χ0) is 33.3. The Morgan fingerprint density at radius 3 is 2.33 bits per heavy atom. The molecule has 1 aromatic carbocycles. The van der Waals surface area contributed by atoms with Crippen molar-refractivity contribution in [3.63, 3.8) is 0 Å². The first-order valence-electron chi connectivity index (χ1n) is 15.8. The maximum Gasteiger partial charge on any atom is 0.408 e. The average molecular weight is 633 g/mol. The number of aromatic nitrogens is 1. The van der Waals surface area contributed by atoms with E-state index in [1.54, 1.807) is 6.07 Å². The summed E-state index contributed by atoms with van der Waals surface area (Å²) in [5.41, 5.74) is 0.547. The number of pyridine rings is 1. The van der Waals surface area contributed by atoms with E-state index in [0.29, 0.717) is 18.2 Å². The van der Waals surface area contributed by atoms with Crippen molar-refractivity contribution in [2.75, 3.05) is 25.0 Å². The smallest absolute Gasteiger partial charge is 0.408 e. The Morgan fingerprint density at radius 1 is 1.09 bits per heavy atom. The number of hydrogen-bond donors (Lipinski definition) is 3. The third kappa shape index (κ3) is 8.96. The molecule has 46 heavy (non-hydrogen) atoms. The quantitative estimate of drug-likeness (QED) is 0.385. The van der Waals surface area contributed by atoms with E-state index in [0.717, 1.165) is 18.7 Å². The molecule has 2 saturated heterocycles. The minimum atomic E-state index is -0.582. The van der Waals surface area contributed by atoms with Crippen LogP contribution < -0.4 is 10.6 Å². The van der Waals surface area contributed by atoms with Crippen LogP contribution in [0.25, 0.3) is 0 Å². The van der Waals surface area contributed by atoms with E-state index in [1.165, 1.54) is 42.8 Å². The molecule has 246 valence electrons. The van der Waals surface area contributed by atoms with Gasteiger partial charge < -0.3 is 30.3 Å². The van der Waals surface area contributed by atoms with Crippen LogP contribution in [0, 0.1) is 34.5 Å². The summed E-state index contributed by atoms with van der Waals surface area (Å²) in [6.45, 7) is 8.00. The molecule has 12 heteroatoms. The number of nitriles is 1. The Morgan fingerprint density at radius 2 is 1.76 bits per heavy atom. The number of benzene rings is 1. The molecule has 3 fully saturated rings. The first-order chi connectivity index (χ1) is 22.0. The van der Waals surface area contributed by atoms with Crippen molar-refractivity contribution in [3.8, 4) is 11.8 Å². The Balaban J connectivity index is 0.000000222. The van der Waals surface area contributed by atoms with Gasteiger partial charge in [0.2, 0.25) is 18.2 Å². The predicted octanol–water partition coefficient (Wildman–Crippen LogP) is 4.07. The molecule has 1 saturated carbocycles. The van der Waals surface area contributed by atoms with Gasteiger partial charge >= 0.3 is 6.09 Å². The van der Waals surface area contributed by atoms with Crippen molar-refractivity contribution < 1.29 is 29.0 Å². The lowest BCUT2D eigenvalue weighted by atomic mass is 9.82. The lowest BCUT2D eigenvalue weighted by molar-refractivity contribution is -0.135. The molecule has 5 rings (SSSR count). The summed E-state index contributed by atoms with van der Waals surface area (Å²) in [4.78, 5) is 55.4. The van der Waals surface area contributed by atoms with Crippen molar-refractivity contribution in [3.05, 3.63) is 54.2 Å². The van der Waals surface area contributed by atoms with E-state index >= 15 is 0 Å². The van der Waals surface area contributed by atoms with Crippen LogP contribution in [0.5, 0.6) is 5.75 Å². The summed E-state index contributed by atoms with van der Waals surface area (Å²) < 4.78 is 5.34. The average Bonchev–Trinajstić information content (AvgIpc) is 3.68. The summed E-state index contributed by atoms with van der Waals surface area (Å²) in [5, 5.41) is 23.7. The van der Waals surface area contributed by atoms with Crippen LogP contribution in [0.4, 0.5) is 10.6 Å². The van der Waals surface area contributed by atoms with Crippen LogP contribution in [0.3, 0.4) is 0 Å². The summed E-state index contributed by atoms with van der Waals surface area (Å²) in [5.74, 6) is 0.397. The lowest BCUT2D eigenvalue weighted by Crippen LogP contribution is -2.54. The summed E-state index contributed by atoms with van der Waals surface area (Å²) in [6.07, 6.45) is 6.76. The van der Waals surface area contributed by atoms with Crippen molar-refractivity contribution in [1.82, 2.24) is 20.1 Å². The number of nitrogens with zero attached hydrogens (tertiary/aromatic N) is 4. The molecule has 0 bridgehead atoms. The fraction of sp³-hybridized carbons (Fsp3) is 0.529. The molecule has 3 N–H and O–H groups in total. The minimum Gasteiger partial charge on any atom is -0.504 e. The summed E-state index contributed by atoms with van der Waals surface area (Å²) in [7, 11) is 0. The predicted molar refractivity (Wildman–Crippen MR) is 170 cm³/mol. The highest BCUT2D eigenvalue weighted by atomic mass is 16.5. The highest BCUT2D eigenvalue weighted by Gasteiger charge is 2.42. The second kappa shape index (κ2) is 15.6. The Labute approximate surface area is 270 Å². The number of aromatic hydroxyl groups is 1. The van der Waals surface area contributed by atoms with E-state index < -0.39 is 24.1 Å². The van der Waals surface area contributed by atoms with E-state index in [4.69, 9.17) is 10.00 Å². The largest absolute Gasteiger partial charge is 0.504 e. The van der Waals surface area contributed by atoms with Crippen LogP contribution >= 0.6 is 0 Å². The normalized spacial score (nSPS) is 22.7. The molecule has 3 heterocycles. The maximum atomic E-state index is 13.2. The molecule has 4 amide bonds. The number of alkyl carbamates (subject to hydrolysis) is 1. The number of anilines is 1. The monoisotopic (exact) mass is 632 g/mol. The molecule has 1 aromatic heterocycles. The zero-order valence-electron chi connectivity index (χ0n) is 26.7. The molecule has 2 aliphatic heterocycles. The highest BCUT2D eigenvalue weighted by molar-refractivity contribution is 5.93. The SMILES string of the molecule is CC(C)(C)[C@H](NC(=O)OCc1ccccc1)C(=O)N1CC2CCCCC2C1.N#CC1CC(C(=O)Nc2ncccc2O)CN1C=O. The van der Waals surface area contributed by atoms with Gasteiger partial charge in [-0.3, -0.25) is 14.4 Å². The van der Waals surface area contributed by atoms with Gasteiger partial charge in [0.15, 0.2) is 11.6 Å². The van der Waals surface area contributed by atoms with Crippen molar-refractivity contribution in [1.29, 1.82) is 5.26 Å². The van der Waals surface area contributed by atoms with Gasteiger partial charge in [0.1, 0.15) is 18.7 Å². The fourth-order valence-electron chi connectivity index (χ4n) is 6.31. The van der Waals surface area contributed by atoms with Gasteiger partial charge in [0.05, 0.1) is 12.0 Å². The number of ether oxygens (including phenoxy) is 1. The number of carbonyl (C=O) groups is 4. The van der Waals surface area contributed by atoms with Gasteiger partial charge in [-0.2, -0.15) is 5.26 Å². The minimum absolute atomic E-state index is 0.0218. The molecule has 2 aromatic rings. The molecule has 0 radical (unpaired) electrons. The molecule has 12 nitrogen and oxygen atoms in total. The molecule has 1 aliphatic carbocycles. The van der Waals surface area contributed by atoms with Gasteiger partial charge in [-0.05, 0) is 54.2 Å². The Bertz CT molecular complexity index is 1390. The lowest BCUT2D eigenvalue weighted by Gasteiger charge is -2.33. The molecule has 4 unspecified atom stereocenters. The number of rotatable bonds is 7. The Kier molecular flexibility index (Phi) is 11.6. The second-order valence-corrected chi connectivity index (χ2v) is 13.3. The number of amides is 4. The maximum absolute atomic E-state index is 13.2. The first kappa shape index (κ1) is 34.2. The third-order valence-corrected chi connectivity index (χ3v) is 8.90. The topological polar surface area (TPSA) is 165 Å². The van der Waals surface area contributed by atoms with Gasteiger partial charge in [0, 0.05) is 25.8 Å². The fourth-order valence-corrected chi connectivity index (χ4v) is 6.31. The molecule has 5 atom stereocenters. The van der Waals surface area contributed by atoms with Crippen molar-refractivity contribution >= 4 is 30.1 Å². The number of carbonyl (C=O) groups excluding carboxylic acids is 4. The van der Waals surface area contributed by atoms with E-state index in [-0.39, 0.29) is 48.4 Å². The summed E-state index contributed by atoms with van der Waals surface area (Å²) >= 11 is 0. The summed E-state index contributed by atoms with van der Waals surface area (Å²) in [6, 6.07) is 13.3. The van der Waals surface area contributed by atoms with Crippen molar-refractivity contribution in [2.24, 2.45) is 23.2 Å². The molecular formula is C34H44N6O6. The van der Waals surface area contributed by atoms with Gasteiger partial charge in [-0.25, -0.2) is 9.78 Å².